The van der Waals surface area contributed by atoms with Gasteiger partial charge in [-0.25, -0.2) is 0 Å². The number of rotatable bonds is 4. The maximum absolute atomic E-state index is 6.32. The zero-order valence-corrected chi connectivity index (χ0v) is 13.8. The van der Waals surface area contributed by atoms with Crippen LogP contribution in [0.3, 0.4) is 0 Å². The summed E-state index contributed by atoms with van der Waals surface area (Å²) in [7, 11) is 0. The third kappa shape index (κ3) is 3.24. The molecule has 0 atom stereocenters. The summed E-state index contributed by atoms with van der Waals surface area (Å²) < 4.78 is 0. The van der Waals surface area contributed by atoms with Crippen LogP contribution in [0.4, 0.5) is 0 Å². The van der Waals surface area contributed by atoms with Gasteiger partial charge in [-0.15, -0.1) is 0 Å². The van der Waals surface area contributed by atoms with Crippen LogP contribution in [0.15, 0.2) is 30.3 Å². The van der Waals surface area contributed by atoms with Gasteiger partial charge >= 0.3 is 0 Å². The van der Waals surface area contributed by atoms with Gasteiger partial charge in [-0.1, -0.05) is 77.6 Å². The minimum Gasteiger partial charge on any atom is -0.313 e. The first-order valence-electron chi connectivity index (χ1n) is 6.18. The monoisotopic (exact) mass is 347 g/mol. The van der Waals surface area contributed by atoms with Crippen LogP contribution in [-0.4, -0.2) is 6.54 Å². The van der Waals surface area contributed by atoms with Crippen LogP contribution in [0.2, 0.25) is 20.1 Å². The average Bonchev–Trinajstić information content (AvgIpc) is 2.44. The van der Waals surface area contributed by atoms with Gasteiger partial charge in [0.15, 0.2) is 0 Å². The van der Waals surface area contributed by atoms with Crippen LogP contribution in [0.25, 0.3) is 11.1 Å². The molecule has 0 radical (unpaired) electrons. The average molecular weight is 349 g/mol. The number of benzene rings is 2. The first-order valence-corrected chi connectivity index (χ1v) is 7.69. The lowest BCUT2D eigenvalue weighted by Crippen LogP contribution is -2.12. The zero-order chi connectivity index (χ0) is 14.7. The molecule has 2 aromatic carbocycles. The smallest absolute Gasteiger partial charge is 0.0785 e. The normalized spacial score (nSPS) is 10.8. The van der Waals surface area contributed by atoms with Crippen molar-refractivity contribution in [3.63, 3.8) is 0 Å². The molecule has 1 N–H and O–H groups in total. The highest BCUT2D eigenvalue weighted by molar-refractivity contribution is 6.51. The Hall–Kier alpha value is -0.440. The molecule has 0 heterocycles. The molecule has 2 aromatic rings. The largest absolute Gasteiger partial charge is 0.313 e. The molecule has 0 aliphatic carbocycles. The molecule has 0 amide bonds. The highest BCUT2D eigenvalue weighted by Crippen LogP contribution is 2.43. The molecular formula is C15H13Cl4N. The van der Waals surface area contributed by atoms with E-state index in [0.717, 1.165) is 29.8 Å². The van der Waals surface area contributed by atoms with Crippen LogP contribution in [-0.2, 0) is 6.54 Å². The van der Waals surface area contributed by atoms with Crippen molar-refractivity contribution >= 4 is 46.4 Å². The summed E-state index contributed by atoms with van der Waals surface area (Å²) in [5.41, 5.74) is 2.79. The van der Waals surface area contributed by atoms with Gasteiger partial charge in [0.2, 0.25) is 0 Å². The maximum Gasteiger partial charge on any atom is 0.0785 e. The van der Waals surface area contributed by atoms with Crippen molar-refractivity contribution in [2.75, 3.05) is 6.54 Å². The van der Waals surface area contributed by atoms with Crippen molar-refractivity contribution < 1.29 is 0 Å². The third-order valence-corrected chi connectivity index (χ3v) is 4.53. The van der Waals surface area contributed by atoms with Crippen molar-refractivity contribution in [3.8, 4) is 11.1 Å². The van der Waals surface area contributed by atoms with Crippen molar-refractivity contribution in [2.24, 2.45) is 0 Å². The van der Waals surface area contributed by atoms with Crippen molar-refractivity contribution in [1.82, 2.24) is 5.32 Å². The Morgan fingerprint density at radius 1 is 0.950 bits per heavy atom. The van der Waals surface area contributed by atoms with Gasteiger partial charge in [0.25, 0.3) is 0 Å². The van der Waals surface area contributed by atoms with E-state index in [9.17, 15) is 0 Å². The van der Waals surface area contributed by atoms with Crippen molar-refractivity contribution in [1.29, 1.82) is 0 Å². The third-order valence-electron chi connectivity index (χ3n) is 2.97. The van der Waals surface area contributed by atoms with Gasteiger partial charge in [0.1, 0.15) is 0 Å². The quantitative estimate of drug-likeness (QED) is 0.521. The van der Waals surface area contributed by atoms with Gasteiger partial charge in [-0.05, 0) is 23.7 Å². The molecule has 0 saturated carbocycles. The Kier molecular flexibility index (Phi) is 5.59. The zero-order valence-electron chi connectivity index (χ0n) is 10.8. The summed E-state index contributed by atoms with van der Waals surface area (Å²) >= 11 is 24.7. The second-order valence-corrected chi connectivity index (χ2v) is 5.85. The van der Waals surface area contributed by atoms with Crippen LogP contribution in [0, 0.1) is 0 Å². The molecule has 20 heavy (non-hydrogen) atoms. The van der Waals surface area contributed by atoms with Crippen molar-refractivity contribution in [2.45, 2.75) is 13.5 Å². The van der Waals surface area contributed by atoms with Gasteiger partial charge in [-0.3, -0.25) is 0 Å². The molecule has 0 aliphatic heterocycles. The fourth-order valence-corrected chi connectivity index (χ4v) is 3.11. The van der Waals surface area contributed by atoms with E-state index in [1.807, 2.05) is 24.3 Å². The minimum absolute atomic E-state index is 0.325. The molecule has 1 nitrogen and oxygen atoms in total. The van der Waals surface area contributed by atoms with Gasteiger partial charge in [-0.2, -0.15) is 0 Å². The molecule has 106 valence electrons. The Bertz CT molecular complexity index is 626. The molecule has 0 fully saturated rings. The number of hydrogen-bond donors (Lipinski definition) is 1. The summed E-state index contributed by atoms with van der Waals surface area (Å²) in [5.74, 6) is 0. The number of hydrogen-bond acceptors (Lipinski definition) is 1. The first kappa shape index (κ1) is 15.9. The van der Waals surface area contributed by atoms with Crippen LogP contribution >= 0.6 is 46.4 Å². The van der Waals surface area contributed by atoms with Gasteiger partial charge in [0.05, 0.1) is 20.1 Å². The number of halogens is 4. The molecule has 0 unspecified atom stereocenters. The topological polar surface area (TPSA) is 12.0 Å². The Labute approximate surface area is 138 Å². The Morgan fingerprint density at radius 3 is 2.35 bits per heavy atom. The first-order chi connectivity index (χ1) is 9.56. The molecule has 0 saturated heterocycles. The second-order valence-electron chi connectivity index (χ2n) is 4.28. The molecular weight excluding hydrogens is 336 g/mol. The fraction of sp³-hybridized carbons (Fsp3) is 0.200. The van der Waals surface area contributed by atoms with E-state index in [1.54, 1.807) is 6.07 Å². The molecule has 0 aliphatic rings. The molecule has 5 heteroatoms. The van der Waals surface area contributed by atoms with E-state index in [2.05, 4.69) is 12.2 Å². The maximum atomic E-state index is 6.32. The van der Waals surface area contributed by atoms with Crippen molar-refractivity contribution in [3.05, 3.63) is 56.0 Å². The van der Waals surface area contributed by atoms with Crippen LogP contribution < -0.4 is 5.32 Å². The van der Waals surface area contributed by atoms with Gasteiger partial charge in [0, 0.05) is 12.1 Å². The predicted octanol–water partition coefficient (Wildman–Crippen LogP) is 6.08. The summed E-state index contributed by atoms with van der Waals surface area (Å²) in [6.45, 7) is 3.68. The summed E-state index contributed by atoms with van der Waals surface area (Å²) in [4.78, 5) is 0. The summed E-state index contributed by atoms with van der Waals surface area (Å²) in [6, 6.07) is 9.56. The van der Waals surface area contributed by atoms with E-state index in [4.69, 9.17) is 46.4 Å². The van der Waals surface area contributed by atoms with E-state index in [0.29, 0.717) is 20.1 Å². The highest BCUT2D eigenvalue weighted by atomic mass is 35.5. The minimum atomic E-state index is 0.325. The van der Waals surface area contributed by atoms with E-state index in [1.165, 1.54) is 0 Å². The predicted molar refractivity (Wildman–Crippen MR) is 89.3 cm³/mol. The van der Waals surface area contributed by atoms with Crippen LogP contribution in [0.1, 0.15) is 12.5 Å². The lowest BCUT2D eigenvalue weighted by atomic mass is 9.99. The highest BCUT2D eigenvalue weighted by Gasteiger charge is 2.17. The standard InChI is InChI=1S/C15H13Cl4N/c1-2-20-8-9-5-3-4-6-10(9)13-11(16)7-12(17)14(18)15(13)19/h3-7,20H,2,8H2,1H3. The molecule has 0 bridgehead atoms. The molecule has 0 aromatic heterocycles. The van der Waals surface area contributed by atoms with Crippen LogP contribution in [0.5, 0.6) is 0 Å². The fourth-order valence-electron chi connectivity index (χ4n) is 1.99. The summed E-state index contributed by atoms with van der Waals surface area (Å²) in [6.07, 6.45) is 0. The lowest BCUT2D eigenvalue weighted by Gasteiger charge is -2.14. The SMILES string of the molecule is CCNCc1ccccc1-c1c(Cl)cc(Cl)c(Cl)c1Cl. The van der Waals surface area contributed by atoms with E-state index >= 15 is 0 Å². The van der Waals surface area contributed by atoms with E-state index in [-0.39, 0.29) is 0 Å². The van der Waals surface area contributed by atoms with Gasteiger partial charge < -0.3 is 5.32 Å². The molecule has 0 spiro atoms. The summed E-state index contributed by atoms with van der Waals surface area (Å²) in [5, 5.41) is 4.85. The lowest BCUT2D eigenvalue weighted by molar-refractivity contribution is 0.728. The second kappa shape index (κ2) is 7.02. The Balaban J connectivity index is 2.60. The molecule has 2 rings (SSSR count). The Morgan fingerprint density at radius 2 is 1.65 bits per heavy atom. The number of nitrogens with one attached hydrogen (secondary N) is 1. The van der Waals surface area contributed by atoms with E-state index < -0.39 is 0 Å².